The second kappa shape index (κ2) is 5.05. The van der Waals surface area contributed by atoms with Crippen molar-refractivity contribution >= 4 is 16.9 Å². The second-order valence-electron chi connectivity index (χ2n) is 5.11. The van der Waals surface area contributed by atoms with E-state index in [1.54, 1.807) is 0 Å². The molecule has 2 N–H and O–H groups in total. The van der Waals surface area contributed by atoms with Crippen molar-refractivity contribution in [2.24, 2.45) is 0 Å². The average Bonchev–Trinajstić information content (AvgIpc) is 2.85. The van der Waals surface area contributed by atoms with Crippen molar-refractivity contribution < 1.29 is 9.21 Å². The van der Waals surface area contributed by atoms with Crippen molar-refractivity contribution in [3.63, 3.8) is 0 Å². The number of piperidine rings is 1. The van der Waals surface area contributed by atoms with Gasteiger partial charge in [-0.1, -0.05) is 18.2 Å². The highest BCUT2D eigenvalue weighted by Gasteiger charge is 2.21. The largest absolute Gasteiger partial charge is 0.459 e. The molecule has 2 aromatic rings. The first-order valence-corrected chi connectivity index (χ1v) is 6.73. The molecule has 1 amide bonds. The minimum Gasteiger partial charge on any atom is -0.459 e. The Morgan fingerprint density at radius 1 is 1.42 bits per heavy atom. The summed E-state index contributed by atoms with van der Waals surface area (Å²) >= 11 is 0. The highest BCUT2D eigenvalue weighted by atomic mass is 16.3. The predicted molar refractivity (Wildman–Crippen MR) is 73.8 cm³/mol. The molecule has 0 radical (unpaired) electrons. The molecule has 100 valence electrons. The molecule has 4 heteroatoms. The van der Waals surface area contributed by atoms with E-state index in [2.05, 4.69) is 29.7 Å². The average molecular weight is 258 g/mol. The third-order valence-electron chi connectivity index (χ3n) is 3.62. The Labute approximate surface area is 112 Å². The minimum absolute atomic E-state index is 0.146. The maximum atomic E-state index is 11.1. The van der Waals surface area contributed by atoms with Gasteiger partial charge in [-0.3, -0.25) is 4.79 Å². The summed E-state index contributed by atoms with van der Waals surface area (Å²) in [5.74, 6) is 1.09. The van der Waals surface area contributed by atoms with E-state index in [0.29, 0.717) is 19.0 Å². The summed E-state index contributed by atoms with van der Waals surface area (Å²) in [5.41, 5.74) is 0.920. The van der Waals surface area contributed by atoms with Crippen molar-refractivity contribution in [3.05, 3.63) is 36.1 Å². The molecule has 0 bridgehead atoms. The zero-order valence-corrected chi connectivity index (χ0v) is 11.0. The van der Waals surface area contributed by atoms with Crippen LogP contribution in [0.3, 0.4) is 0 Å². The maximum Gasteiger partial charge on any atom is 0.220 e. The Morgan fingerprint density at radius 3 is 3.00 bits per heavy atom. The van der Waals surface area contributed by atoms with E-state index in [1.807, 2.05) is 18.2 Å². The number of hydrogen-bond acceptors (Lipinski definition) is 3. The summed E-state index contributed by atoms with van der Waals surface area (Å²) in [6.07, 6.45) is 1.49. The second-order valence-corrected chi connectivity index (χ2v) is 5.11. The summed E-state index contributed by atoms with van der Waals surface area (Å²) in [5, 5.41) is 7.52. The third kappa shape index (κ3) is 2.63. The highest BCUT2D eigenvalue weighted by molar-refractivity contribution is 5.78. The molecule has 0 spiro atoms. The fourth-order valence-electron chi connectivity index (χ4n) is 2.53. The SMILES string of the molecule is CC(NC1CCC(=O)NC1)c1cc2ccccc2o1. The number of carbonyl (C=O) groups excluding carboxylic acids is 1. The highest BCUT2D eigenvalue weighted by Crippen LogP contribution is 2.24. The van der Waals surface area contributed by atoms with Gasteiger partial charge in [0.2, 0.25) is 5.91 Å². The van der Waals surface area contributed by atoms with Gasteiger partial charge in [0.15, 0.2) is 0 Å². The molecule has 1 fully saturated rings. The monoisotopic (exact) mass is 258 g/mol. The van der Waals surface area contributed by atoms with Gasteiger partial charge in [-0.2, -0.15) is 0 Å². The van der Waals surface area contributed by atoms with Crippen LogP contribution in [0.25, 0.3) is 11.0 Å². The fraction of sp³-hybridized carbons (Fsp3) is 0.400. The van der Waals surface area contributed by atoms with E-state index in [9.17, 15) is 4.79 Å². The topological polar surface area (TPSA) is 54.3 Å². The Bertz CT molecular complexity index is 548. The molecule has 0 aliphatic carbocycles. The van der Waals surface area contributed by atoms with Crippen LogP contribution in [0.4, 0.5) is 0 Å². The molecule has 1 saturated heterocycles. The van der Waals surface area contributed by atoms with Crippen molar-refractivity contribution in [2.45, 2.75) is 31.8 Å². The zero-order valence-electron chi connectivity index (χ0n) is 11.0. The number of para-hydroxylation sites is 1. The first-order valence-electron chi connectivity index (χ1n) is 6.73. The molecule has 2 heterocycles. The van der Waals surface area contributed by atoms with Crippen molar-refractivity contribution in [1.29, 1.82) is 0 Å². The van der Waals surface area contributed by atoms with Crippen molar-refractivity contribution in [1.82, 2.24) is 10.6 Å². The van der Waals surface area contributed by atoms with Crippen LogP contribution < -0.4 is 10.6 Å². The molecular weight excluding hydrogens is 240 g/mol. The summed E-state index contributed by atoms with van der Waals surface area (Å²) < 4.78 is 5.84. The van der Waals surface area contributed by atoms with E-state index in [4.69, 9.17) is 4.42 Å². The van der Waals surface area contributed by atoms with Gasteiger partial charge in [-0.05, 0) is 25.5 Å². The molecule has 3 rings (SSSR count). The zero-order chi connectivity index (χ0) is 13.2. The van der Waals surface area contributed by atoms with E-state index in [1.165, 1.54) is 0 Å². The first-order chi connectivity index (χ1) is 9.22. The Hall–Kier alpha value is -1.81. The van der Waals surface area contributed by atoms with E-state index >= 15 is 0 Å². The molecule has 1 aromatic carbocycles. The van der Waals surface area contributed by atoms with Crippen LogP contribution in [-0.2, 0) is 4.79 Å². The molecule has 19 heavy (non-hydrogen) atoms. The van der Waals surface area contributed by atoms with Crippen LogP contribution in [0, 0.1) is 0 Å². The Morgan fingerprint density at radius 2 is 2.26 bits per heavy atom. The smallest absolute Gasteiger partial charge is 0.220 e. The standard InChI is InChI=1S/C15H18N2O2/c1-10(17-12-6-7-15(18)16-9-12)14-8-11-4-2-3-5-13(11)19-14/h2-5,8,10,12,17H,6-7,9H2,1H3,(H,16,18). The molecule has 1 aromatic heterocycles. The van der Waals surface area contributed by atoms with Crippen LogP contribution in [0.5, 0.6) is 0 Å². The van der Waals surface area contributed by atoms with Crippen LogP contribution in [0.2, 0.25) is 0 Å². The summed E-state index contributed by atoms with van der Waals surface area (Å²) in [4.78, 5) is 11.1. The minimum atomic E-state index is 0.146. The van der Waals surface area contributed by atoms with Gasteiger partial charge in [0.05, 0.1) is 6.04 Å². The molecule has 0 saturated carbocycles. The Balaban J connectivity index is 1.69. The van der Waals surface area contributed by atoms with Gasteiger partial charge in [0.25, 0.3) is 0 Å². The number of benzene rings is 1. The normalized spacial score (nSPS) is 21.3. The lowest BCUT2D eigenvalue weighted by atomic mass is 10.1. The van der Waals surface area contributed by atoms with Crippen LogP contribution in [0.1, 0.15) is 31.6 Å². The molecule has 2 atom stereocenters. The maximum absolute atomic E-state index is 11.1. The molecule has 1 aliphatic rings. The number of nitrogens with one attached hydrogen (secondary N) is 2. The van der Waals surface area contributed by atoms with Gasteiger partial charge in [-0.25, -0.2) is 0 Å². The first kappa shape index (κ1) is 12.2. The van der Waals surface area contributed by atoms with Crippen LogP contribution in [0.15, 0.2) is 34.7 Å². The number of carbonyl (C=O) groups is 1. The number of fused-ring (bicyclic) bond motifs is 1. The van der Waals surface area contributed by atoms with Gasteiger partial charge >= 0.3 is 0 Å². The van der Waals surface area contributed by atoms with E-state index in [-0.39, 0.29) is 11.9 Å². The molecule has 4 nitrogen and oxygen atoms in total. The number of hydrogen-bond donors (Lipinski definition) is 2. The number of furan rings is 1. The summed E-state index contributed by atoms with van der Waals surface area (Å²) in [6.45, 7) is 2.79. The third-order valence-corrected chi connectivity index (χ3v) is 3.62. The lowest BCUT2D eigenvalue weighted by Crippen LogP contribution is -2.46. The van der Waals surface area contributed by atoms with Gasteiger partial charge in [0, 0.05) is 24.4 Å². The fourth-order valence-corrected chi connectivity index (χ4v) is 2.53. The number of amides is 1. The van der Waals surface area contributed by atoms with Gasteiger partial charge in [0.1, 0.15) is 11.3 Å². The van der Waals surface area contributed by atoms with E-state index in [0.717, 1.165) is 23.2 Å². The summed E-state index contributed by atoms with van der Waals surface area (Å²) in [6, 6.07) is 10.6. The predicted octanol–water partition coefficient (Wildman–Crippen LogP) is 2.36. The van der Waals surface area contributed by atoms with Gasteiger partial charge in [-0.15, -0.1) is 0 Å². The van der Waals surface area contributed by atoms with Crippen LogP contribution in [-0.4, -0.2) is 18.5 Å². The van der Waals surface area contributed by atoms with E-state index < -0.39 is 0 Å². The molecule has 2 unspecified atom stereocenters. The Kier molecular flexibility index (Phi) is 3.25. The summed E-state index contributed by atoms with van der Waals surface area (Å²) in [7, 11) is 0. The van der Waals surface area contributed by atoms with Crippen LogP contribution >= 0.6 is 0 Å². The molecular formula is C15H18N2O2. The quantitative estimate of drug-likeness (QED) is 0.888. The lowest BCUT2D eigenvalue weighted by molar-refractivity contribution is -0.122. The van der Waals surface area contributed by atoms with Gasteiger partial charge < -0.3 is 15.1 Å². The van der Waals surface area contributed by atoms with Crippen molar-refractivity contribution in [2.75, 3.05) is 6.54 Å². The number of rotatable bonds is 3. The van der Waals surface area contributed by atoms with Crippen molar-refractivity contribution in [3.8, 4) is 0 Å². The lowest BCUT2D eigenvalue weighted by Gasteiger charge is -2.26. The molecule has 1 aliphatic heterocycles.